The summed E-state index contributed by atoms with van der Waals surface area (Å²) in [6.45, 7) is 6.33. The Bertz CT molecular complexity index is 671. The highest BCUT2D eigenvalue weighted by molar-refractivity contribution is 5.99. The number of ether oxygens (including phenoxy) is 1. The second kappa shape index (κ2) is 8.22. The summed E-state index contributed by atoms with van der Waals surface area (Å²) in [7, 11) is 1.57. The van der Waals surface area contributed by atoms with Gasteiger partial charge in [-0.25, -0.2) is 0 Å². The van der Waals surface area contributed by atoms with Gasteiger partial charge in [0.05, 0.1) is 17.4 Å². The fourth-order valence-electron chi connectivity index (χ4n) is 5.74. The standard InChI is InChI=1S/C21H35N3O5/c1-5-8-13(2)23-18(27)16-21-10-9-20(3,29-21)14(17(26)22-4)15(21)19(28)24(16)11-6-7-12-25/h13-16,25H,5-12H2,1-4H3,(H,22,26)(H,23,27)/t13?,14-,15+,16?,20+,21?/m1/s1. The summed E-state index contributed by atoms with van der Waals surface area (Å²) in [5, 5.41) is 14.9. The van der Waals surface area contributed by atoms with Gasteiger partial charge in [0.15, 0.2) is 0 Å². The Kier molecular flexibility index (Phi) is 6.24. The molecule has 29 heavy (non-hydrogen) atoms. The normalized spacial score (nSPS) is 36.2. The molecule has 3 unspecified atom stereocenters. The van der Waals surface area contributed by atoms with Crippen molar-refractivity contribution < 1.29 is 24.2 Å². The highest BCUT2D eigenvalue weighted by atomic mass is 16.5. The first-order valence-electron chi connectivity index (χ1n) is 10.9. The van der Waals surface area contributed by atoms with Gasteiger partial charge in [0.1, 0.15) is 11.6 Å². The first-order chi connectivity index (χ1) is 13.8. The van der Waals surface area contributed by atoms with E-state index in [1.807, 2.05) is 13.8 Å². The molecule has 0 aliphatic carbocycles. The van der Waals surface area contributed by atoms with E-state index in [-0.39, 0.29) is 30.4 Å². The van der Waals surface area contributed by atoms with E-state index in [1.165, 1.54) is 0 Å². The van der Waals surface area contributed by atoms with Crippen molar-refractivity contribution in [3.05, 3.63) is 0 Å². The summed E-state index contributed by atoms with van der Waals surface area (Å²) in [6, 6.07) is -0.740. The maximum atomic E-state index is 13.5. The molecule has 8 nitrogen and oxygen atoms in total. The van der Waals surface area contributed by atoms with E-state index < -0.39 is 29.1 Å². The first-order valence-corrected chi connectivity index (χ1v) is 10.9. The third kappa shape index (κ3) is 3.44. The Morgan fingerprint density at radius 2 is 2.03 bits per heavy atom. The summed E-state index contributed by atoms with van der Waals surface area (Å²) in [5.74, 6) is -1.83. The van der Waals surface area contributed by atoms with Gasteiger partial charge in [-0.3, -0.25) is 14.4 Å². The van der Waals surface area contributed by atoms with Gasteiger partial charge in [-0.1, -0.05) is 13.3 Å². The van der Waals surface area contributed by atoms with E-state index in [2.05, 4.69) is 17.6 Å². The largest absolute Gasteiger partial charge is 0.396 e. The predicted octanol–water partition coefficient (Wildman–Crippen LogP) is 0.574. The summed E-state index contributed by atoms with van der Waals surface area (Å²) in [6.07, 6.45) is 4.19. The van der Waals surface area contributed by atoms with E-state index >= 15 is 0 Å². The van der Waals surface area contributed by atoms with Crippen LogP contribution in [0.1, 0.15) is 59.3 Å². The number of hydrogen-bond acceptors (Lipinski definition) is 5. The molecular weight excluding hydrogens is 374 g/mol. The molecule has 3 aliphatic rings. The number of likely N-dealkylation sites (tertiary alicyclic amines) is 1. The topological polar surface area (TPSA) is 108 Å². The lowest BCUT2D eigenvalue weighted by molar-refractivity contribution is -0.146. The Morgan fingerprint density at radius 3 is 2.66 bits per heavy atom. The van der Waals surface area contributed by atoms with Crippen molar-refractivity contribution in [3.8, 4) is 0 Å². The van der Waals surface area contributed by atoms with Gasteiger partial charge in [0.2, 0.25) is 17.7 Å². The van der Waals surface area contributed by atoms with Crippen molar-refractivity contribution in [2.45, 2.75) is 82.6 Å². The summed E-state index contributed by atoms with van der Waals surface area (Å²) < 4.78 is 6.46. The molecule has 0 saturated carbocycles. The molecule has 164 valence electrons. The second-order valence-corrected chi connectivity index (χ2v) is 9.00. The van der Waals surface area contributed by atoms with Crippen molar-refractivity contribution in [2.75, 3.05) is 20.2 Å². The summed E-state index contributed by atoms with van der Waals surface area (Å²) in [4.78, 5) is 41.2. The zero-order valence-corrected chi connectivity index (χ0v) is 18.0. The van der Waals surface area contributed by atoms with Crippen LogP contribution < -0.4 is 10.6 Å². The van der Waals surface area contributed by atoms with E-state index in [9.17, 15) is 14.4 Å². The zero-order chi connectivity index (χ0) is 21.4. The molecule has 2 bridgehead atoms. The summed E-state index contributed by atoms with van der Waals surface area (Å²) in [5.41, 5.74) is -1.69. The van der Waals surface area contributed by atoms with Crippen molar-refractivity contribution in [1.82, 2.24) is 15.5 Å². The maximum absolute atomic E-state index is 13.5. The van der Waals surface area contributed by atoms with Crippen LogP contribution in [0.15, 0.2) is 0 Å². The molecule has 3 rings (SSSR count). The Hall–Kier alpha value is -1.67. The lowest BCUT2D eigenvalue weighted by Gasteiger charge is -2.34. The zero-order valence-electron chi connectivity index (χ0n) is 18.0. The van der Waals surface area contributed by atoms with Crippen LogP contribution in [-0.4, -0.2) is 71.2 Å². The van der Waals surface area contributed by atoms with Gasteiger partial charge in [-0.15, -0.1) is 0 Å². The van der Waals surface area contributed by atoms with Gasteiger partial charge < -0.3 is 25.4 Å². The lowest BCUT2D eigenvalue weighted by atomic mass is 9.66. The molecule has 0 aromatic rings. The minimum Gasteiger partial charge on any atom is -0.396 e. The molecule has 0 aromatic carbocycles. The molecule has 3 aliphatic heterocycles. The fraction of sp³-hybridized carbons (Fsp3) is 0.857. The number of aliphatic hydroxyl groups excluding tert-OH is 1. The van der Waals surface area contributed by atoms with Crippen LogP contribution in [0.2, 0.25) is 0 Å². The number of nitrogens with zero attached hydrogens (tertiary/aromatic N) is 1. The average molecular weight is 410 g/mol. The number of amides is 3. The van der Waals surface area contributed by atoms with Crippen molar-refractivity contribution in [3.63, 3.8) is 0 Å². The molecule has 1 spiro atoms. The average Bonchev–Trinajstić information content (AvgIpc) is 3.23. The third-order valence-corrected chi connectivity index (χ3v) is 6.97. The number of unbranched alkanes of at least 4 members (excludes halogenated alkanes) is 1. The molecule has 3 saturated heterocycles. The predicted molar refractivity (Wildman–Crippen MR) is 107 cm³/mol. The SMILES string of the molecule is CCCC(C)NC(=O)C1N(CCCCO)C(=O)[C@@H]2[C@H](C(=O)NC)[C@]3(C)CCC12O3. The second-order valence-electron chi connectivity index (χ2n) is 9.00. The van der Waals surface area contributed by atoms with Crippen LogP contribution >= 0.6 is 0 Å². The van der Waals surface area contributed by atoms with Gasteiger partial charge in [-0.05, 0) is 46.0 Å². The molecule has 8 heteroatoms. The van der Waals surface area contributed by atoms with Crippen LogP contribution in [0.5, 0.6) is 0 Å². The van der Waals surface area contributed by atoms with Crippen molar-refractivity contribution >= 4 is 17.7 Å². The number of carbonyl (C=O) groups is 3. The molecule has 0 aromatic heterocycles. The van der Waals surface area contributed by atoms with Gasteiger partial charge >= 0.3 is 0 Å². The van der Waals surface area contributed by atoms with Crippen LogP contribution in [-0.2, 0) is 19.1 Å². The number of carbonyl (C=O) groups excluding carboxylic acids is 3. The molecule has 0 radical (unpaired) electrons. The minimum absolute atomic E-state index is 0.00118. The lowest BCUT2D eigenvalue weighted by Crippen LogP contribution is -2.56. The first kappa shape index (κ1) is 22.0. The fourth-order valence-corrected chi connectivity index (χ4v) is 5.74. The Morgan fingerprint density at radius 1 is 1.31 bits per heavy atom. The van der Waals surface area contributed by atoms with Crippen molar-refractivity contribution in [1.29, 1.82) is 0 Å². The number of aliphatic hydroxyl groups is 1. The highest BCUT2D eigenvalue weighted by Crippen LogP contribution is 2.63. The molecular formula is C21H35N3O5. The minimum atomic E-state index is -0.960. The third-order valence-electron chi connectivity index (χ3n) is 6.97. The van der Waals surface area contributed by atoms with Crippen LogP contribution in [0.25, 0.3) is 0 Å². The van der Waals surface area contributed by atoms with E-state index in [0.717, 1.165) is 12.8 Å². The number of nitrogens with one attached hydrogen (secondary N) is 2. The van der Waals surface area contributed by atoms with Gasteiger partial charge in [0, 0.05) is 26.2 Å². The molecule has 3 fully saturated rings. The van der Waals surface area contributed by atoms with Crippen LogP contribution in [0.4, 0.5) is 0 Å². The molecule has 3 N–H and O–H groups in total. The number of rotatable bonds is 9. The maximum Gasteiger partial charge on any atom is 0.246 e. The van der Waals surface area contributed by atoms with Crippen LogP contribution in [0, 0.1) is 11.8 Å². The van der Waals surface area contributed by atoms with E-state index in [4.69, 9.17) is 9.84 Å². The van der Waals surface area contributed by atoms with Gasteiger partial charge in [-0.2, -0.15) is 0 Å². The van der Waals surface area contributed by atoms with Crippen LogP contribution in [0.3, 0.4) is 0 Å². The smallest absolute Gasteiger partial charge is 0.246 e. The van der Waals surface area contributed by atoms with Crippen molar-refractivity contribution in [2.24, 2.45) is 11.8 Å². The summed E-state index contributed by atoms with van der Waals surface area (Å²) >= 11 is 0. The monoisotopic (exact) mass is 409 g/mol. The Balaban J connectivity index is 1.96. The highest BCUT2D eigenvalue weighted by Gasteiger charge is 2.77. The van der Waals surface area contributed by atoms with Gasteiger partial charge in [0.25, 0.3) is 0 Å². The number of fused-ring (bicyclic) bond motifs is 1. The molecule has 6 atom stereocenters. The molecule has 3 heterocycles. The Labute approximate surface area is 172 Å². The van der Waals surface area contributed by atoms with E-state index in [0.29, 0.717) is 32.2 Å². The van der Waals surface area contributed by atoms with E-state index in [1.54, 1.807) is 11.9 Å². The quantitative estimate of drug-likeness (QED) is 0.483. The number of hydrogen-bond donors (Lipinski definition) is 3. The molecule has 3 amide bonds.